The third-order valence-electron chi connectivity index (χ3n) is 5.45. The second-order valence-corrected chi connectivity index (χ2v) is 9.62. The predicted octanol–water partition coefficient (Wildman–Crippen LogP) is 7.04. The monoisotopic (exact) mass is 394 g/mol. The lowest BCUT2D eigenvalue weighted by atomic mass is 9.67. The van der Waals surface area contributed by atoms with E-state index < -0.39 is 5.60 Å². The molecular weight excluding hydrogens is 352 g/mol. The molecule has 0 saturated heterocycles. The maximum Gasteiger partial charge on any atom is 0.143 e. The van der Waals surface area contributed by atoms with Gasteiger partial charge in [0.2, 0.25) is 0 Å². The van der Waals surface area contributed by atoms with Gasteiger partial charge >= 0.3 is 0 Å². The second-order valence-electron chi connectivity index (χ2n) is 9.62. The average molecular weight is 395 g/mol. The molecule has 160 valence electrons. The van der Waals surface area contributed by atoms with Crippen molar-refractivity contribution in [2.45, 2.75) is 98.5 Å². The number of hydrogen-bond acceptors (Lipinski definition) is 1. The minimum absolute atomic E-state index is 0.127. The highest BCUT2D eigenvalue weighted by atomic mass is 16.3. The number of unbranched alkanes of at least 4 members (excludes halogenated alkanes) is 4. The van der Waals surface area contributed by atoms with Gasteiger partial charge in [-0.3, -0.25) is 0 Å². The summed E-state index contributed by atoms with van der Waals surface area (Å²) in [7, 11) is 0. The van der Waals surface area contributed by atoms with E-state index in [0.29, 0.717) is 5.92 Å². The molecule has 29 heavy (non-hydrogen) atoms. The van der Waals surface area contributed by atoms with Gasteiger partial charge in [0, 0.05) is 18.3 Å². The van der Waals surface area contributed by atoms with Crippen LogP contribution in [0.1, 0.15) is 92.1 Å². The van der Waals surface area contributed by atoms with Crippen LogP contribution in [0.3, 0.4) is 0 Å². The first-order valence-corrected chi connectivity index (χ1v) is 11.5. The van der Waals surface area contributed by atoms with Crippen molar-refractivity contribution in [2.75, 3.05) is 0 Å². The predicted molar refractivity (Wildman–Crippen MR) is 126 cm³/mol. The molecule has 0 aromatic heterocycles. The Morgan fingerprint density at radius 3 is 2.21 bits per heavy atom. The summed E-state index contributed by atoms with van der Waals surface area (Å²) in [6, 6.07) is 10.4. The van der Waals surface area contributed by atoms with Crippen molar-refractivity contribution in [3.05, 3.63) is 35.9 Å². The van der Waals surface area contributed by atoms with Crippen LogP contribution in [0.25, 0.3) is 0 Å². The molecule has 1 heteroatoms. The Morgan fingerprint density at radius 1 is 0.931 bits per heavy atom. The lowest BCUT2D eigenvalue weighted by molar-refractivity contribution is -0.0414. The molecule has 0 bridgehead atoms. The largest absolute Gasteiger partial charge is 0.376 e. The summed E-state index contributed by atoms with van der Waals surface area (Å²) < 4.78 is 0. The van der Waals surface area contributed by atoms with Gasteiger partial charge in [0.25, 0.3) is 0 Å². The molecular formula is C28H42O. The van der Waals surface area contributed by atoms with E-state index in [1.54, 1.807) is 0 Å². The van der Waals surface area contributed by atoms with Crippen molar-refractivity contribution in [1.82, 2.24) is 0 Å². The van der Waals surface area contributed by atoms with Gasteiger partial charge in [-0.2, -0.15) is 0 Å². The van der Waals surface area contributed by atoms with Crippen LogP contribution in [0.2, 0.25) is 0 Å². The lowest BCUT2D eigenvalue weighted by Gasteiger charge is -2.40. The van der Waals surface area contributed by atoms with Crippen molar-refractivity contribution in [1.29, 1.82) is 0 Å². The molecule has 0 amide bonds. The van der Waals surface area contributed by atoms with E-state index >= 15 is 0 Å². The van der Waals surface area contributed by atoms with E-state index in [-0.39, 0.29) is 11.3 Å². The summed E-state index contributed by atoms with van der Waals surface area (Å²) in [5.74, 6) is 13.7. The maximum absolute atomic E-state index is 11.7. The molecule has 0 aliphatic carbocycles. The minimum atomic E-state index is -1.11. The Kier molecular flexibility index (Phi) is 11.2. The van der Waals surface area contributed by atoms with Crippen LogP contribution >= 0.6 is 0 Å². The lowest BCUT2D eigenvalue weighted by Crippen LogP contribution is -2.48. The van der Waals surface area contributed by atoms with E-state index in [4.69, 9.17) is 0 Å². The average Bonchev–Trinajstić information content (AvgIpc) is 2.66. The minimum Gasteiger partial charge on any atom is -0.376 e. The van der Waals surface area contributed by atoms with Gasteiger partial charge in [0.05, 0.1) is 5.92 Å². The summed E-state index contributed by atoms with van der Waals surface area (Å²) in [6.45, 7) is 12.9. The molecule has 2 atom stereocenters. The van der Waals surface area contributed by atoms with Gasteiger partial charge in [-0.15, -0.1) is 5.92 Å². The first-order valence-electron chi connectivity index (χ1n) is 11.5. The van der Waals surface area contributed by atoms with Crippen LogP contribution < -0.4 is 0 Å². The summed E-state index contributed by atoms with van der Waals surface area (Å²) in [4.78, 5) is 0. The van der Waals surface area contributed by atoms with Gasteiger partial charge in [0.1, 0.15) is 5.60 Å². The Balaban J connectivity index is 2.96. The molecule has 2 unspecified atom stereocenters. The smallest absolute Gasteiger partial charge is 0.143 e. The fourth-order valence-electron chi connectivity index (χ4n) is 3.49. The normalized spacial score (nSPS) is 14.3. The molecule has 1 aromatic carbocycles. The zero-order valence-corrected chi connectivity index (χ0v) is 19.6. The second kappa shape index (κ2) is 12.8. The van der Waals surface area contributed by atoms with Crippen molar-refractivity contribution in [3.8, 4) is 23.7 Å². The van der Waals surface area contributed by atoms with Crippen LogP contribution in [0.5, 0.6) is 0 Å². The first kappa shape index (κ1) is 25.3. The quantitative estimate of drug-likeness (QED) is 0.352. The third kappa shape index (κ3) is 9.10. The zero-order chi connectivity index (χ0) is 21.8. The molecule has 1 nitrogen and oxygen atoms in total. The Hall–Kier alpha value is -1.70. The highest BCUT2D eigenvalue weighted by molar-refractivity contribution is 5.27. The first-order chi connectivity index (χ1) is 13.7. The van der Waals surface area contributed by atoms with Gasteiger partial charge < -0.3 is 5.11 Å². The molecule has 0 saturated carbocycles. The summed E-state index contributed by atoms with van der Waals surface area (Å²) in [6.07, 6.45) is 8.34. The van der Waals surface area contributed by atoms with Crippen LogP contribution in [-0.4, -0.2) is 10.7 Å². The summed E-state index contributed by atoms with van der Waals surface area (Å²) >= 11 is 0. The molecule has 1 aromatic rings. The molecule has 0 radical (unpaired) electrons. The topological polar surface area (TPSA) is 20.2 Å². The van der Waals surface area contributed by atoms with Crippen molar-refractivity contribution in [3.63, 3.8) is 0 Å². The van der Waals surface area contributed by atoms with Crippen molar-refractivity contribution in [2.24, 2.45) is 17.3 Å². The Bertz CT molecular complexity index is 687. The van der Waals surface area contributed by atoms with Gasteiger partial charge in [-0.25, -0.2) is 0 Å². The molecule has 0 heterocycles. The highest BCUT2D eigenvalue weighted by Gasteiger charge is 2.45. The number of aryl methyl sites for hydroxylation is 1. The standard InChI is InChI=1S/C28H42O/c1-7-8-9-10-11-15-21-26(23-24(2)3)28(29,27(4,5)6)22-17-16-20-25-18-13-12-14-19-25/h12-14,18-19,24,26,29H,7-11,16,20,23H2,1-6H3. The van der Waals surface area contributed by atoms with Crippen LogP contribution in [-0.2, 0) is 6.42 Å². The summed E-state index contributed by atoms with van der Waals surface area (Å²) in [5, 5.41) is 11.7. The number of aliphatic hydroxyl groups is 1. The SMILES string of the molecule is CCCCCCC#CC(CC(C)C)C(O)(C#CCCc1ccccc1)C(C)(C)C. The van der Waals surface area contributed by atoms with E-state index in [0.717, 1.165) is 32.1 Å². The van der Waals surface area contributed by atoms with Crippen LogP contribution in [0, 0.1) is 40.9 Å². The zero-order valence-electron chi connectivity index (χ0n) is 19.6. The van der Waals surface area contributed by atoms with Gasteiger partial charge in [-0.05, 0) is 30.7 Å². The Labute approximate surface area is 180 Å². The van der Waals surface area contributed by atoms with E-state index in [1.165, 1.54) is 24.8 Å². The van der Waals surface area contributed by atoms with Crippen LogP contribution in [0.15, 0.2) is 30.3 Å². The number of hydrogen-bond donors (Lipinski definition) is 1. The fourth-order valence-corrected chi connectivity index (χ4v) is 3.49. The molecule has 0 aliphatic rings. The molecule has 1 N–H and O–H groups in total. The van der Waals surface area contributed by atoms with Gasteiger partial charge in [-0.1, -0.05) is 109 Å². The van der Waals surface area contributed by atoms with Crippen molar-refractivity contribution < 1.29 is 5.11 Å². The fraction of sp³-hybridized carbons (Fsp3) is 0.643. The Morgan fingerprint density at radius 2 is 1.62 bits per heavy atom. The molecule has 0 spiro atoms. The van der Waals surface area contributed by atoms with Crippen LogP contribution in [0.4, 0.5) is 0 Å². The van der Waals surface area contributed by atoms with E-state index in [1.807, 2.05) is 6.07 Å². The summed E-state index contributed by atoms with van der Waals surface area (Å²) in [5.41, 5.74) is -0.181. The van der Waals surface area contributed by atoms with E-state index in [2.05, 4.69) is 89.5 Å². The third-order valence-corrected chi connectivity index (χ3v) is 5.45. The highest BCUT2D eigenvalue weighted by Crippen LogP contribution is 2.39. The number of rotatable bonds is 9. The number of benzene rings is 1. The van der Waals surface area contributed by atoms with Crippen molar-refractivity contribution >= 4 is 0 Å². The maximum atomic E-state index is 11.7. The van der Waals surface area contributed by atoms with E-state index in [9.17, 15) is 5.11 Å². The van der Waals surface area contributed by atoms with Gasteiger partial charge in [0.15, 0.2) is 0 Å². The molecule has 1 rings (SSSR count). The molecule has 0 fully saturated rings. The molecule has 0 aliphatic heterocycles.